The number of hydrogen-bond acceptors (Lipinski definition) is 3. The van der Waals surface area contributed by atoms with E-state index in [0.717, 1.165) is 42.1 Å². The van der Waals surface area contributed by atoms with Crippen LogP contribution in [0, 0.1) is 0 Å². The first-order valence-corrected chi connectivity index (χ1v) is 7.30. The van der Waals surface area contributed by atoms with Crippen LogP contribution in [0.25, 0.3) is 17.2 Å². The molecule has 1 aliphatic rings. The molecule has 2 heterocycles. The minimum absolute atomic E-state index is 0.176. The highest BCUT2D eigenvalue weighted by Gasteiger charge is 2.23. The van der Waals surface area contributed by atoms with Crippen LogP contribution in [-0.4, -0.2) is 26.7 Å². The molecule has 0 fully saturated rings. The quantitative estimate of drug-likeness (QED) is 0.831. The van der Waals surface area contributed by atoms with Gasteiger partial charge in [-0.25, -0.2) is 9.78 Å². The van der Waals surface area contributed by atoms with Crippen molar-refractivity contribution in [3.8, 4) is 0 Å². The van der Waals surface area contributed by atoms with Crippen LogP contribution in [-0.2, 0) is 17.6 Å². The van der Waals surface area contributed by atoms with E-state index in [4.69, 9.17) is 10.8 Å². The van der Waals surface area contributed by atoms with Gasteiger partial charge in [-0.15, -0.1) is 0 Å². The van der Waals surface area contributed by atoms with Gasteiger partial charge in [0.25, 0.3) is 0 Å². The molecule has 1 aliphatic carbocycles. The van der Waals surface area contributed by atoms with Crippen molar-refractivity contribution in [2.24, 2.45) is 5.73 Å². The van der Waals surface area contributed by atoms with E-state index in [-0.39, 0.29) is 6.04 Å². The van der Waals surface area contributed by atoms with Crippen LogP contribution in [0.5, 0.6) is 0 Å². The molecule has 5 nitrogen and oxygen atoms in total. The van der Waals surface area contributed by atoms with Gasteiger partial charge in [-0.05, 0) is 37.0 Å². The first kappa shape index (κ1) is 15.3. The van der Waals surface area contributed by atoms with Gasteiger partial charge in [0.05, 0.1) is 0 Å². The maximum atomic E-state index is 10.7. The molecule has 0 aliphatic heterocycles. The molecule has 3 N–H and O–H groups in total. The Bertz CT molecular complexity index is 673. The minimum Gasteiger partial charge on any atom is -0.478 e. The Labute approximate surface area is 124 Å². The zero-order valence-electron chi connectivity index (χ0n) is 12.4. The Kier molecular flexibility index (Phi) is 4.75. The van der Waals surface area contributed by atoms with Crippen molar-refractivity contribution in [2.45, 2.75) is 39.2 Å². The molecule has 1 atom stereocenters. The highest BCUT2D eigenvalue weighted by Crippen LogP contribution is 2.30. The Morgan fingerprint density at radius 1 is 1.52 bits per heavy atom. The lowest BCUT2D eigenvalue weighted by atomic mass is 9.92. The Hall–Kier alpha value is -2.14. The molecule has 0 bridgehead atoms. The second-order valence-electron chi connectivity index (χ2n) is 4.83. The van der Waals surface area contributed by atoms with Crippen LogP contribution in [0.1, 0.15) is 31.5 Å². The van der Waals surface area contributed by atoms with Gasteiger partial charge in [0.1, 0.15) is 5.65 Å². The van der Waals surface area contributed by atoms with Crippen LogP contribution in [0.2, 0.25) is 0 Å². The molecule has 112 valence electrons. The standard InChI is InChI=1S/C14H15N3O2.C2H6/c15-9-3-4-12-11(8-9)10-2-1-6-16-14(10)17(12)7-5-13(18)19;1-2/h1-2,5-7,9H,3-4,8,15H2,(H,18,19);1-2H3. The molecule has 0 radical (unpaired) electrons. The Morgan fingerprint density at radius 3 is 3.00 bits per heavy atom. The lowest BCUT2D eigenvalue weighted by molar-refractivity contribution is -0.131. The SMILES string of the molecule is CC.NC1CCc2c(c3cccnc3n2C=CC(=O)O)C1. The van der Waals surface area contributed by atoms with Crippen molar-refractivity contribution >= 4 is 23.2 Å². The molecule has 3 rings (SSSR count). The third-order valence-corrected chi connectivity index (χ3v) is 3.56. The van der Waals surface area contributed by atoms with Gasteiger partial charge in [0.15, 0.2) is 0 Å². The predicted octanol–water partition coefficient (Wildman–Crippen LogP) is 2.43. The van der Waals surface area contributed by atoms with Crippen LogP contribution in [0.15, 0.2) is 24.4 Å². The fourth-order valence-electron chi connectivity index (χ4n) is 2.74. The highest BCUT2D eigenvalue weighted by molar-refractivity contribution is 5.88. The van der Waals surface area contributed by atoms with E-state index in [1.807, 2.05) is 30.5 Å². The summed E-state index contributed by atoms with van der Waals surface area (Å²) in [6.07, 6.45) is 7.04. The fraction of sp³-hybridized carbons (Fsp3) is 0.375. The largest absolute Gasteiger partial charge is 0.478 e. The number of pyridine rings is 1. The van der Waals surface area contributed by atoms with Crippen LogP contribution >= 0.6 is 0 Å². The van der Waals surface area contributed by atoms with E-state index in [1.165, 1.54) is 5.56 Å². The number of carboxylic acids is 1. The molecule has 0 aromatic carbocycles. The molecule has 0 spiro atoms. The summed E-state index contributed by atoms with van der Waals surface area (Å²) in [5.74, 6) is -0.959. The van der Waals surface area contributed by atoms with Gasteiger partial charge in [0, 0.05) is 35.6 Å². The van der Waals surface area contributed by atoms with Gasteiger partial charge in [0.2, 0.25) is 0 Å². The third-order valence-electron chi connectivity index (χ3n) is 3.56. The molecule has 0 amide bonds. The first-order chi connectivity index (χ1) is 10.2. The Balaban J connectivity index is 0.000000774. The maximum absolute atomic E-state index is 10.7. The van der Waals surface area contributed by atoms with Crippen molar-refractivity contribution in [1.82, 2.24) is 9.55 Å². The summed E-state index contributed by atoms with van der Waals surface area (Å²) < 4.78 is 1.88. The van der Waals surface area contributed by atoms with Crippen LogP contribution in [0.4, 0.5) is 0 Å². The summed E-state index contributed by atoms with van der Waals surface area (Å²) in [6, 6.07) is 4.09. The van der Waals surface area contributed by atoms with E-state index >= 15 is 0 Å². The number of nitrogens with two attached hydrogens (primary N) is 1. The summed E-state index contributed by atoms with van der Waals surface area (Å²) in [5, 5.41) is 9.86. The summed E-state index contributed by atoms with van der Waals surface area (Å²) in [5.41, 5.74) is 9.17. The van der Waals surface area contributed by atoms with Crippen LogP contribution < -0.4 is 5.73 Å². The first-order valence-electron chi connectivity index (χ1n) is 7.30. The Morgan fingerprint density at radius 2 is 2.29 bits per heavy atom. The smallest absolute Gasteiger partial charge is 0.329 e. The molecule has 2 aromatic rings. The zero-order chi connectivity index (χ0) is 15.4. The minimum atomic E-state index is -0.959. The second-order valence-corrected chi connectivity index (χ2v) is 4.83. The third kappa shape index (κ3) is 2.97. The number of carbonyl (C=O) groups is 1. The number of fused-ring (bicyclic) bond motifs is 3. The molecule has 2 aromatic heterocycles. The number of aliphatic carboxylic acids is 1. The normalized spacial score (nSPS) is 17.4. The number of aromatic nitrogens is 2. The topological polar surface area (TPSA) is 81.1 Å². The van der Waals surface area contributed by atoms with E-state index < -0.39 is 5.97 Å². The molecule has 1 unspecified atom stereocenters. The van der Waals surface area contributed by atoms with Gasteiger partial charge in [-0.3, -0.25) is 0 Å². The molecule has 0 saturated carbocycles. The average Bonchev–Trinajstić information content (AvgIpc) is 2.81. The number of rotatable bonds is 2. The van der Waals surface area contributed by atoms with E-state index in [1.54, 1.807) is 12.4 Å². The molecular formula is C16H21N3O2. The van der Waals surface area contributed by atoms with Crippen molar-refractivity contribution in [3.05, 3.63) is 35.7 Å². The zero-order valence-corrected chi connectivity index (χ0v) is 12.4. The molecule has 21 heavy (non-hydrogen) atoms. The van der Waals surface area contributed by atoms with E-state index in [0.29, 0.717) is 0 Å². The maximum Gasteiger partial charge on any atom is 0.329 e. The van der Waals surface area contributed by atoms with Crippen molar-refractivity contribution in [1.29, 1.82) is 0 Å². The average molecular weight is 287 g/mol. The summed E-state index contributed by atoms with van der Waals surface area (Å²) >= 11 is 0. The molecule has 5 heteroatoms. The fourth-order valence-corrected chi connectivity index (χ4v) is 2.74. The molecular weight excluding hydrogens is 266 g/mol. The van der Waals surface area contributed by atoms with Gasteiger partial charge in [-0.1, -0.05) is 13.8 Å². The number of nitrogens with zero attached hydrogens (tertiary/aromatic N) is 2. The lowest BCUT2D eigenvalue weighted by Crippen LogP contribution is -2.28. The van der Waals surface area contributed by atoms with Gasteiger partial charge < -0.3 is 15.4 Å². The second kappa shape index (κ2) is 6.54. The monoisotopic (exact) mass is 287 g/mol. The summed E-state index contributed by atoms with van der Waals surface area (Å²) in [6.45, 7) is 4.00. The predicted molar refractivity (Wildman–Crippen MR) is 84.0 cm³/mol. The van der Waals surface area contributed by atoms with E-state index in [9.17, 15) is 4.79 Å². The van der Waals surface area contributed by atoms with Crippen molar-refractivity contribution < 1.29 is 9.90 Å². The van der Waals surface area contributed by atoms with E-state index in [2.05, 4.69) is 4.98 Å². The van der Waals surface area contributed by atoms with Gasteiger partial charge >= 0.3 is 5.97 Å². The van der Waals surface area contributed by atoms with Gasteiger partial charge in [-0.2, -0.15) is 0 Å². The number of carboxylic acid groups (broad SMARTS) is 1. The summed E-state index contributed by atoms with van der Waals surface area (Å²) in [4.78, 5) is 15.1. The summed E-state index contributed by atoms with van der Waals surface area (Å²) in [7, 11) is 0. The van der Waals surface area contributed by atoms with Crippen molar-refractivity contribution in [2.75, 3.05) is 0 Å². The number of hydrogen-bond donors (Lipinski definition) is 2. The van der Waals surface area contributed by atoms with Crippen LogP contribution in [0.3, 0.4) is 0 Å². The van der Waals surface area contributed by atoms with Crippen molar-refractivity contribution in [3.63, 3.8) is 0 Å². The highest BCUT2D eigenvalue weighted by atomic mass is 16.4. The lowest BCUT2D eigenvalue weighted by Gasteiger charge is -2.19. The molecule has 0 saturated heterocycles.